The van der Waals surface area contributed by atoms with Crippen molar-refractivity contribution in [2.75, 3.05) is 11.4 Å². The molecule has 1 aromatic rings. The van der Waals surface area contributed by atoms with E-state index < -0.39 is 4.92 Å². The number of carbonyl (C=O) groups excluding carboxylic acids is 1. The average Bonchev–Trinajstić information content (AvgIpc) is 2.64. The molecule has 1 aliphatic heterocycles. The number of hydrogen-bond acceptors (Lipinski definition) is 5. The highest BCUT2D eigenvalue weighted by molar-refractivity contribution is 5.86. The number of piperidine rings is 1. The molecule has 0 saturated carbocycles. The summed E-state index contributed by atoms with van der Waals surface area (Å²) in [6.07, 6.45) is 2.66. The second-order valence-corrected chi connectivity index (χ2v) is 4.95. The van der Waals surface area contributed by atoms with Gasteiger partial charge in [-0.3, -0.25) is 14.9 Å². The third-order valence-electron chi connectivity index (χ3n) is 3.59. The normalized spacial score (nSPS) is 19.5. The molecule has 0 aliphatic carbocycles. The Morgan fingerprint density at radius 2 is 2.16 bits per heavy atom. The van der Waals surface area contributed by atoms with Crippen LogP contribution in [-0.2, 0) is 11.8 Å². The van der Waals surface area contributed by atoms with Gasteiger partial charge in [0.25, 0.3) is 0 Å². The molecule has 104 valence electrons. The van der Waals surface area contributed by atoms with E-state index in [1.54, 1.807) is 14.0 Å². The summed E-state index contributed by atoms with van der Waals surface area (Å²) in [5.41, 5.74) is 0.394. The van der Waals surface area contributed by atoms with E-state index in [4.69, 9.17) is 0 Å². The van der Waals surface area contributed by atoms with Crippen molar-refractivity contribution in [3.05, 3.63) is 15.8 Å². The summed E-state index contributed by atoms with van der Waals surface area (Å²) in [4.78, 5) is 24.4. The van der Waals surface area contributed by atoms with E-state index in [2.05, 4.69) is 5.10 Å². The molecular formula is C12H18N4O3. The zero-order valence-electron chi connectivity index (χ0n) is 11.4. The fourth-order valence-electron chi connectivity index (χ4n) is 2.78. The Morgan fingerprint density at radius 3 is 2.74 bits per heavy atom. The number of ketones is 1. The van der Waals surface area contributed by atoms with E-state index in [9.17, 15) is 14.9 Å². The molecule has 0 N–H and O–H groups in total. The summed E-state index contributed by atoms with van der Waals surface area (Å²) in [7, 11) is 1.68. The van der Waals surface area contributed by atoms with E-state index in [1.165, 1.54) is 11.6 Å². The fourth-order valence-corrected chi connectivity index (χ4v) is 2.78. The Morgan fingerprint density at radius 1 is 1.47 bits per heavy atom. The maximum atomic E-state index is 11.7. The van der Waals surface area contributed by atoms with Gasteiger partial charge in [0, 0.05) is 13.6 Å². The van der Waals surface area contributed by atoms with Crippen molar-refractivity contribution in [1.29, 1.82) is 0 Å². The molecule has 2 rings (SSSR count). The Labute approximate surface area is 111 Å². The minimum absolute atomic E-state index is 0.00986. The molecule has 1 atom stereocenters. The number of aromatic nitrogens is 2. The van der Waals surface area contributed by atoms with Crippen molar-refractivity contribution in [3.8, 4) is 0 Å². The number of Topliss-reactive ketones (excluding diaryl/α,β-unsaturated/α-hetero) is 1. The summed E-state index contributed by atoms with van der Waals surface area (Å²) in [5.74, 6) is 0.496. The van der Waals surface area contributed by atoms with Crippen LogP contribution in [0.15, 0.2) is 0 Å². The van der Waals surface area contributed by atoms with Crippen LogP contribution in [0.5, 0.6) is 0 Å². The second kappa shape index (κ2) is 4.99. The average molecular weight is 266 g/mol. The summed E-state index contributed by atoms with van der Waals surface area (Å²) < 4.78 is 1.51. The van der Waals surface area contributed by atoms with Gasteiger partial charge in [0.15, 0.2) is 5.78 Å². The molecule has 19 heavy (non-hydrogen) atoms. The molecule has 1 unspecified atom stereocenters. The molecule has 1 saturated heterocycles. The Hall–Kier alpha value is -1.92. The van der Waals surface area contributed by atoms with Crippen molar-refractivity contribution in [2.45, 2.75) is 39.2 Å². The molecule has 0 amide bonds. The molecule has 7 nitrogen and oxygen atoms in total. The molecule has 0 bridgehead atoms. The van der Waals surface area contributed by atoms with Crippen LogP contribution in [0.25, 0.3) is 0 Å². The van der Waals surface area contributed by atoms with Crippen molar-refractivity contribution >= 4 is 17.3 Å². The number of anilines is 1. The SMILES string of the molecule is CC(=O)C1CCCCN1c1c([N+](=O)[O-])c(C)nn1C. The number of nitro groups is 1. The van der Waals surface area contributed by atoms with Crippen LogP contribution in [0.3, 0.4) is 0 Å². The first-order valence-corrected chi connectivity index (χ1v) is 6.38. The Bertz CT molecular complexity index is 523. The monoisotopic (exact) mass is 266 g/mol. The lowest BCUT2D eigenvalue weighted by atomic mass is 9.99. The number of rotatable bonds is 3. The van der Waals surface area contributed by atoms with Gasteiger partial charge in [0.05, 0.1) is 11.0 Å². The van der Waals surface area contributed by atoms with Gasteiger partial charge in [0.2, 0.25) is 5.82 Å². The van der Waals surface area contributed by atoms with Gasteiger partial charge >= 0.3 is 5.69 Å². The molecule has 0 aromatic carbocycles. The number of carbonyl (C=O) groups is 1. The topological polar surface area (TPSA) is 81.3 Å². The van der Waals surface area contributed by atoms with Gasteiger partial charge in [-0.05, 0) is 33.1 Å². The van der Waals surface area contributed by atoms with Crippen LogP contribution < -0.4 is 4.90 Å². The standard InChI is InChI=1S/C12H18N4O3/c1-8-11(16(18)19)12(14(3)13-8)15-7-5-4-6-10(15)9(2)17/h10H,4-7H2,1-3H3. The third kappa shape index (κ3) is 2.32. The van der Waals surface area contributed by atoms with E-state index >= 15 is 0 Å². The molecule has 1 aromatic heterocycles. The first-order valence-electron chi connectivity index (χ1n) is 6.38. The van der Waals surface area contributed by atoms with Crippen LogP contribution in [0, 0.1) is 17.0 Å². The van der Waals surface area contributed by atoms with Crippen molar-refractivity contribution < 1.29 is 9.72 Å². The lowest BCUT2D eigenvalue weighted by Gasteiger charge is -2.34. The van der Waals surface area contributed by atoms with Gasteiger partial charge in [-0.2, -0.15) is 5.10 Å². The van der Waals surface area contributed by atoms with Gasteiger partial charge in [-0.1, -0.05) is 0 Å². The molecule has 1 fully saturated rings. The van der Waals surface area contributed by atoms with E-state index in [0.29, 0.717) is 18.1 Å². The summed E-state index contributed by atoms with van der Waals surface area (Å²) in [5, 5.41) is 15.3. The second-order valence-electron chi connectivity index (χ2n) is 4.95. The van der Waals surface area contributed by atoms with Gasteiger partial charge in [-0.25, -0.2) is 4.68 Å². The smallest absolute Gasteiger partial charge is 0.333 e. The van der Waals surface area contributed by atoms with Crippen LogP contribution in [0.1, 0.15) is 31.9 Å². The van der Waals surface area contributed by atoms with E-state index in [1.807, 2.05) is 4.90 Å². The van der Waals surface area contributed by atoms with Crippen LogP contribution >= 0.6 is 0 Å². The maximum absolute atomic E-state index is 11.7. The lowest BCUT2D eigenvalue weighted by Crippen LogP contribution is -2.45. The first-order chi connectivity index (χ1) is 8.93. The zero-order valence-corrected chi connectivity index (χ0v) is 11.4. The summed E-state index contributed by atoms with van der Waals surface area (Å²) >= 11 is 0. The van der Waals surface area contributed by atoms with E-state index in [-0.39, 0.29) is 17.5 Å². The minimum Gasteiger partial charge on any atom is -0.341 e. The minimum atomic E-state index is -0.413. The van der Waals surface area contributed by atoms with Crippen LogP contribution in [0.2, 0.25) is 0 Å². The predicted molar refractivity (Wildman–Crippen MR) is 70.3 cm³/mol. The molecule has 7 heteroatoms. The zero-order chi connectivity index (χ0) is 14.2. The van der Waals surface area contributed by atoms with Crippen LogP contribution in [-0.4, -0.2) is 33.1 Å². The largest absolute Gasteiger partial charge is 0.341 e. The first kappa shape index (κ1) is 13.5. The summed E-state index contributed by atoms with van der Waals surface area (Å²) in [6, 6.07) is -0.276. The number of aryl methyl sites for hydroxylation is 2. The van der Waals surface area contributed by atoms with Crippen molar-refractivity contribution in [3.63, 3.8) is 0 Å². The molecular weight excluding hydrogens is 248 g/mol. The molecule has 0 radical (unpaired) electrons. The maximum Gasteiger partial charge on any atom is 0.333 e. The Kier molecular flexibility index (Phi) is 3.55. The van der Waals surface area contributed by atoms with E-state index in [0.717, 1.165) is 19.3 Å². The fraction of sp³-hybridized carbons (Fsp3) is 0.667. The van der Waals surface area contributed by atoms with Gasteiger partial charge < -0.3 is 4.90 Å². The number of hydrogen-bond donors (Lipinski definition) is 0. The van der Waals surface area contributed by atoms with Crippen molar-refractivity contribution in [1.82, 2.24) is 9.78 Å². The predicted octanol–water partition coefficient (Wildman–Crippen LogP) is 1.58. The summed E-state index contributed by atoms with van der Waals surface area (Å²) in [6.45, 7) is 3.82. The highest BCUT2D eigenvalue weighted by atomic mass is 16.6. The Balaban J connectivity index is 2.50. The highest BCUT2D eigenvalue weighted by Crippen LogP contribution is 2.34. The highest BCUT2D eigenvalue weighted by Gasteiger charge is 2.35. The number of nitrogens with zero attached hydrogens (tertiary/aromatic N) is 4. The molecule has 1 aliphatic rings. The lowest BCUT2D eigenvalue weighted by molar-refractivity contribution is -0.384. The molecule has 2 heterocycles. The van der Waals surface area contributed by atoms with Gasteiger partial charge in [0.1, 0.15) is 5.69 Å². The van der Waals surface area contributed by atoms with Crippen LogP contribution in [0.4, 0.5) is 11.5 Å². The van der Waals surface area contributed by atoms with Gasteiger partial charge in [-0.15, -0.1) is 0 Å². The third-order valence-corrected chi connectivity index (χ3v) is 3.59. The van der Waals surface area contributed by atoms with Crippen molar-refractivity contribution in [2.24, 2.45) is 7.05 Å². The quantitative estimate of drug-likeness (QED) is 0.613. The molecule has 0 spiro atoms.